The third kappa shape index (κ3) is 7.54. The standard InChI is InChI=1S/C16H32N4O3/c1-4-17-15(18-9-7-8-14-22-5-2)19-10-12-20(13-11-19)16(21)23-6-3/h4-14H2,1-3H3,(H,17,18). The van der Waals surface area contributed by atoms with Gasteiger partial charge in [0.2, 0.25) is 0 Å². The van der Waals surface area contributed by atoms with Gasteiger partial charge in [0, 0.05) is 52.5 Å². The number of ether oxygens (including phenoxy) is 2. The minimum Gasteiger partial charge on any atom is -0.450 e. The molecule has 0 spiro atoms. The van der Waals surface area contributed by atoms with Crippen LogP contribution < -0.4 is 5.32 Å². The van der Waals surface area contributed by atoms with Gasteiger partial charge < -0.3 is 24.6 Å². The first-order valence-corrected chi connectivity index (χ1v) is 8.75. The second-order valence-electron chi connectivity index (χ2n) is 5.31. The van der Waals surface area contributed by atoms with Gasteiger partial charge in [0.05, 0.1) is 6.61 Å². The van der Waals surface area contributed by atoms with E-state index in [0.29, 0.717) is 19.7 Å². The summed E-state index contributed by atoms with van der Waals surface area (Å²) in [6.45, 7) is 12.5. The number of hydrogen-bond acceptors (Lipinski definition) is 4. The van der Waals surface area contributed by atoms with Crippen LogP contribution in [0.4, 0.5) is 4.79 Å². The molecule has 7 nitrogen and oxygen atoms in total. The molecular weight excluding hydrogens is 296 g/mol. The maximum absolute atomic E-state index is 11.7. The Morgan fingerprint density at radius 2 is 1.74 bits per heavy atom. The third-order valence-corrected chi connectivity index (χ3v) is 3.60. The number of piperazine rings is 1. The molecule has 0 bridgehead atoms. The molecule has 0 aromatic carbocycles. The molecule has 0 saturated carbocycles. The molecule has 1 aliphatic rings. The van der Waals surface area contributed by atoms with E-state index in [0.717, 1.165) is 58.2 Å². The number of nitrogens with one attached hydrogen (secondary N) is 1. The van der Waals surface area contributed by atoms with Crippen molar-refractivity contribution in [2.75, 3.05) is 59.1 Å². The van der Waals surface area contributed by atoms with E-state index in [9.17, 15) is 4.79 Å². The molecule has 1 saturated heterocycles. The Morgan fingerprint density at radius 3 is 2.35 bits per heavy atom. The lowest BCUT2D eigenvalue weighted by molar-refractivity contribution is 0.0914. The molecule has 1 aliphatic heterocycles. The highest BCUT2D eigenvalue weighted by Gasteiger charge is 2.23. The van der Waals surface area contributed by atoms with Crippen molar-refractivity contribution in [2.24, 2.45) is 4.99 Å². The van der Waals surface area contributed by atoms with Crippen LogP contribution in [0.3, 0.4) is 0 Å². The van der Waals surface area contributed by atoms with Crippen molar-refractivity contribution in [2.45, 2.75) is 33.6 Å². The van der Waals surface area contributed by atoms with Crippen molar-refractivity contribution in [3.63, 3.8) is 0 Å². The van der Waals surface area contributed by atoms with E-state index in [1.165, 1.54) is 0 Å². The number of carbonyl (C=O) groups is 1. The van der Waals surface area contributed by atoms with Crippen LogP contribution in [0.1, 0.15) is 33.6 Å². The minimum absolute atomic E-state index is 0.218. The van der Waals surface area contributed by atoms with Crippen molar-refractivity contribution < 1.29 is 14.3 Å². The Hall–Kier alpha value is -1.50. The fourth-order valence-electron chi connectivity index (χ4n) is 2.39. The van der Waals surface area contributed by atoms with Crippen molar-refractivity contribution in [3.05, 3.63) is 0 Å². The number of hydrogen-bond donors (Lipinski definition) is 1. The quantitative estimate of drug-likeness (QED) is 0.416. The van der Waals surface area contributed by atoms with E-state index in [-0.39, 0.29) is 6.09 Å². The van der Waals surface area contributed by atoms with E-state index in [2.05, 4.69) is 22.1 Å². The van der Waals surface area contributed by atoms with Gasteiger partial charge in [-0.25, -0.2) is 4.79 Å². The summed E-state index contributed by atoms with van der Waals surface area (Å²) >= 11 is 0. The van der Waals surface area contributed by atoms with Crippen molar-refractivity contribution in [1.82, 2.24) is 15.1 Å². The predicted octanol–water partition coefficient (Wildman–Crippen LogP) is 1.54. The zero-order chi connectivity index (χ0) is 16.9. The van der Waals surface area contributed by atoms with Gasteiger partial charge in [-0.15, -0.1) is 0 Å². The van der Waals surface area contributed by atoms with E-state index in [1.54, 1.807) is 4.90 Å². The van der Waals surface area contributed by atoms with E-state index >= 15 is 0 Å². The van der Waals surface area contributed by atoms with Crippen LogP contribution in [0.5, 0.6) is 0 Å². The molecule has 0 aromatic rings. The SMILES string of the molecule is CCNC(=NCCCCOCC)N1CCN(C(=O)OCC)CC1. The molecule has 0 aromatic heterocycles. The molecule has 23 heavy (non-hydrogen) atoms. The first-order valence-electron chi connectivity index (χ1n) is 8.75. The van der Waals surface area contributed by atoms with Crippen molar-refractivity contribution >= 4 is 12.1 Å². The Labute approximate surface area is 140 Å². The smallest absolute Gasteiger partial charge is 0.409 e. The second kappa shape index (κ2) is 12.0. The van der Waals surface area contributed by atoms with Crippen LogP contribution in [0.15, 0.2) is 4.99 Å². The Balaban J connectivity index is 2.38. The number of aliphatic imine (C=N–C) groups is 1. The number of carbonyl (C=O) groups excluding carboxylic acids is 1. The minimum atomic E-state index is -0.218. The highest BCUT2D eigenvalue weighted by molar-refractivity contribution is 5.80. The zero-order valence-electron chi connectivity index (χ0n) is 14.8. The summed E-state index contributed by atoms with van der Waals surface area (Å²) in [5.41, 5.74) is 0. The summed E-state index contributed by atoms with van der Waals surface area (Å²) in [4.78, 5) is 20.4. The third-order valence-electron chi connectivity index (χ3n) is 3.60. The van der Waals surface area contributed by atoms with E-state index in [4.69, 9.17) is 9.47 Å². The highest BCUT2D eigenvalue weighted by atomic mass is 16.6. The zero-order valence-corrected chi connectivity index (χ0v) is 14.8. The van der Waals surface area contributed by atoms with Crippen LogP contribution >= 0.6 is 0 Å². The largest absolute Gasteiger partial charge is 0.450 e. The first kappa shape index (κ1) is 19.5. The van der Waals surface area contributed by atoms with E-state index in [1.807, 2.05) is 13.8 Å². The van der Waals surface area contributed by atoms with Gasteiger partial charge in [-0.1, -0.05) is 0 Å². The van der Waals surface area contributed by atoms with Crippen LogP contribution in [0.2, 0.25) is 0 Å². The average molecular weight is 328 g/mol. The Kier molecular flexibility index (Phi) is 10.2. The average Bonchev–Trinajstić information content (AvgIpc) is 2.57. The maximum Gasteiger partial charge on any atom is 0.409 e. The predicted molar refractivity (Wildman–Crippen MR) is 91.9 cm³/mol. The molecule has 1 rings (SSSR count). The molecule has 1 fully saturated rings. The van der Waals surface area contributed by atoms with Crippen molar-refractivity contribution in [3.8, 4) is 0 Å². The molecule has 7 heteroatoms. The van der Waals surface area contributed by atoms with Crippen molar-refractivity contribution in [1.29, 1.82) is 0 Å². The topological polar surface area (TPSA) is 66.4 Å². The molecule has 1 amide bonds. The normalized spacial score (nSPS) is 15.7. The van der Waals surface area contributed by atoms with Gasteiger partial charge in [0.1, 0.15) is 0 Å². The number of nitrogens with zero attached hydrogens (tertiary/aromatic N) is 3. The molecule has 134 valence electrons. The van der Waals surface area contributed by atoms with Crippen LogP contribution in [0.25, 0.3) is 0 Å². The molecule has 1 N–H and O–H groups in total. The summed E-state index contributed by atoms with van der Waals surface area (Å²) < 4.78 is 10.4. The Bertz CT molecular complexity index is 355. The lowest BCUT2D eigenvalue weighted by Crippen LogP contribution is -2.53. The van der Waals surface area contributed by atoms with Crippen LogP contribution in [-0.4, -0.2) is 80.9 Å². The molecule has 0 unspecified atom stereocenters. The first-order chi connectivity index (χ1) is 11.2. The number of guanidine groups is 1. The number of rotatable bonds is 8. The summed E-state index contributed by atoms with van der Waals surface area (Å²) in [7, 11) is 0. The lowest BCUT2D eigenvalue weighted by Gasteiger charge is -2.35. The van der Waals surface area contributed by atoms with Crippen LogP contribution in [-0.2, 0) is 9.47 Å². The van der Waals surface area contributed by atoms with Gasteiger partial charge in [-0.2, -0.15) is 0 Å². The summed E-state index contributed by atoms with van der Waals surface area (Å²) in [5, 5.41) is 3.33. The number of amides is 1. The highest BCUT2D eigenvalue weighted by Crippen LogP contribution is 2.05. The van der Waals surface area contributed by atoms with Gasteiger partial charge >= 0.3 is 6.09 Å². The van der Waals surface area contributed by atoms with Gasteiger partial charge in [-0.3, -0.25) is 4.99 Å². The summed E-state index contributed by atoms with van der Waals surface area (Å²) in [5.74, 6) is 0.937. The fourth-order valence-corrected chi connectivity index (χ4v) is 2.39. The van der Waals surface area contributed by atoms with E-state index < -0.39 is 0 Å². The molecule has 0 atom stereocenters. The monoisotopic (exact) mass is 328 g/mol. The van der Waals surface area contributed by atoms with Gasteiger partial charge in [0.15, 0.2) is 5.96 Å². The lowest BCUT2D eigenvalue weighted by atomic mass is 10.3. The molecule has 0 aliphatic carbocycles. The Morgan fingerprint density at radius 1 is 1.04 bits per heavy atom. The molecular formula is C16H32N4O3. The van der Waals surface area contributed by atoms with Crippen LogP contribution in [0, 0.1) is 0 Å². The molecule has 0 radical (unpaired) electrons. The van der Waals surface area contributed by atoms with Gasteiger partial charge in [-0.05, 0) is 33.6 Å². The maximum atomic E-state index is 11.7. The summed E-state index contributed by atoms with van der Waals surface area (Å²) in [6, 6.07) is 0. The second-order valence-corrected chi connectivity index (χ2v) is 5.31. The summed E-state index contributed by atoms with van der Waals surface area (Å²) in [6.07, 6.45) is 1.84. The van der Waals surface area contributed by atoms with Gasteiger partial charge in [0.25, 0.3) is 0 Å². The fraction of sp³-hybridized carbons (Fsp3) is 0.875. The molecule has 1 heterocycles. The number of unbranched alkanes of at least 4 members (excludes halogenated alkanes) is 1.